The maximum atomic E-state index is 12.4. The van der Waals surface area contributed by atoms with E-state index in [9.17, 15) is 4.79 Å². The highest BCUT2D eigenvalue weighted by atomic mass is 16.1. The van der Waals surface area contributed by atoms with E-state index in [1.165, 1.54) is 0 Å². The van der Waals surface area contributed by atoms with Crippen LogP contribution in [0.15, 0.2) is 60.8 Å². The van der Waals surface area contributed by atoms with Crippen molar-refractivity contribution < 1.29 is 4.79 Å². The van der Waals surface area contributed by atoms with Crippen molar-refractivity contribution in [1.82, 2.24) is 10.3 Å². The second kappa shape index (κ2) is 6.39. The molecule has 0 fully saturated rings. The van der Waals surface area contributed by atoms with Crippen LogP contribution in [0.25, 0.3) is 10.8 Å². The summed E-state index contributed by atoms with van der Waals surface area (Å²) in [5.74, 6) is -0.0307. The number of pyridine rings is 1. The normalized spacial score (nSPS) is 10.6. The molecule has 1 amide bonds. The Hall–Kier alpha value is -2.68. The van der Waals surface area contributed by atoms with Crippen molar-refractivity contribution in [2.75, 3.05) is 6.54 Å². The molecule has 0 spiro atoms. The number of rotatable bonds is 4. The number of aryl methyl sites for hydroxylation is 1. The Morgan fingerprint density at radius 1 is 1.05 bits per heavy atom. The van der Waals surface area contributed by atoms with Crippen LogP contribution >= 0.6 is 0 Å². The van der Waals surface area contributed by atoms with Gasteiger partial charge in [-0.05, 0) is 41.8 Å². The van der Waals surface area contributed by atoms with Crippen LogP contribution in [-0.2, 0) is 6.42 Å². The zero-order chi connectivity index (χ0) is 15.4. The molecule has 1 N–H and O–H groups in total. The molecule has 3 rings (SSSR count). The minimum absolute atomic E-state index is 0.0307. The van der Waals surface area contributed by atoms with Gasteiger partial charge in [-0.1, -0.05) is 42.5 Å². The van der Waals surface area contributed by atoms with Crippen LogP contribution in [0.5, 0.6) is 0 Å². The molecule has 0 saturated carbocycles. The summed E-state index contributed by atoms with van der Waals surface area (Å²) in [5, 5.41) is 5.05. The molecule has 0 bridgehead atoms. The molecule has 0 aliphatic heterocycles. The van der Waals surface area contributed by atoms with Gasteiger partial charge in [0.15, 0.2) is 0 Å². The summed E-state index contributed by atoms with van der Waals surface area (Å²) in [5.41, 5.74) is 2.85. The summed E-state index contributed by atoms with van der Waals surface area (Å²) < 4.78 is 0. The van der Waals surface area contributed by atoms with Crippen molar-refractivity contribution in [3.8, 4) is 0 Å². The van der Waals surface area contributed by atoms with Crippen LogP contribution < -0.4 is 5.32 Å². The first-order valence-electron chi connectivity index (χ1n) is 7.41. The monoisotopic (exact) mass is 290 g/mol. The Morgan fingerprint density at radius 3 is 2.68 bits per heavy atom. The molecule has 0 radical (unpaired) electrons. The number of benzene rings is 2. The fraction of sp³-hybridized carbons (Fsp3) is 0.158. The second-order valence-corrected chi connectivity index (χ2v) is 5.34. The summed E-state index contributed by atoms with van der Waals surface area (Å²) in [6.07, 6.45) is 2.64. The Kier molecular flexibility index (Phi) is 4.15. The minimum Gasteiger partial charge on any atom is -0.352 e. The van der Waals surface area contributed by atoms with Gasteiger partial charge < -0.3 is 5.32 Å². The molecule has 3 aromatic rings. The summed E-state index contributed by atoms with van der Waals surface area (Å²) in [4.78, 5) is 16.6. The van der Waals surface area contributed by atoms with E-state index < -0.39 is 0 Å². The highest BCUT2D eigenvalue weighted by Crippen LogP contribution is 2.18. The zero-order valence-electron chi connectivity index (χ0n) is 12.5. The highest BCUT2D eigenvalue weighted by Gasteiger charge is 2.08. The molecule has 1 heterocycles. The minimum atomic E-state index is -0.0307. The first kappa shape index (κ1) is 14.3. The number of hydrogen-bond acceptors (Lipinski definition) is 2. The number of fused-ring (bicyclic) bond motifs is 1. The number of nitrogens with one attached hydrogen (secondary N) is 1. The topological polar surface area (TPSA) is 42.0 Å². The van der Waals surface area contributed by atoms with Gasteiger partial charge in [0.2, 0.25) is 0 Å². The third kappa shape index (κ3) is 3.14. The third-order valence-electron chi connectivity index (χ3n) is 3.71. The van der Waals surface area contributed by atoms with E-state index in [0.29, 0.717) is 6.54 Å². The van der Waals surface area contributed by atoms with Crippen molar-refractivity contribution >= 4 is 16.7 Å². The van der Waals surface area contributed by atoms with Gasteiger partial charge in [0.05, 0.1) is 0 Å². The van der Waals surface area contributed by atoms with E-state index in [1.807, 2.05) is 67.7 Å². The summed E-state index contributed by atoms with van der Waals surface area (Å²) in [7, 11) is 0. The Balaban J connectivity index is 1.67. The van der Waals surface area contributed by atoms with Gasteiger partial charge in [-0.2, -0.15) is 0 Å². The zero-order valence-corrected chi connectivity index (χ0v) is 12.5. The lowest BCUT2D eigenvalue weighted by Gasteiger charge is -2.08. The van der Waals surface area contributed by atoms with E-state index in [4.69, 9.17) is 0 Å². The van der Waals surface area contributed by atoms with Gasteiger partial charge in [-0.25, -0.2) is 0 Å². The Bertz CT molecular complexity index is 789. The quantitative estimate of drug-likeness (QED) is 0.799. The van der Waals surface area contributed by atoms with E-state index in [1.54, 1.807) is 0 Å². The van der Waals surface area contributed by atoms with Crippen molar-refractivity contribution in [2.45, 2.75) is 13.3 Å². The molecule has 0 atom stereocenters. The van der Waals surface area contributed by atoms with E-state index in [-0.39, 0.29) is 5.91 Å². The van der Waals surface area contributed by atoms with E-state index in [2.05, 4.69) is 10.3 Å². The Morgan fingerprint density at radius 2 is 1.86 bits per heavy atom. The summed E-state index contributed by atoms with van der Waals surface area (Å²) >= 11 is 0. The van der Waals surface area contributed by atoms with Crippen LogP contribution in [0, 0.1) is 6.92 Å². The molecule has 2 aromatic carbocycles. The van der Waals surface area contributed by atoms with Gasteiger partial charge in [-0.15, -0.1) is 0 Å². The van der Waals surface area contributed by atoms with Gasteiger partial charge in [0, 0.05) is 24.0 Å². The largest absolute Gasteiger partial charge is 0.352 e. The lowest BCUT2D eigenvalue weighted by atomic mass is 10.0. The maximum absolute atomic E-state index is 12.4. The van der Waals surface area contributed by atoms with Crippen molar-refractivity contribution in [1.29, 1.82) is 0 Å². The first-order chi connectivity index (χ1) is 10.7. The fourth-order valence-corrected chi connectivity index (χ4v) is 2.49. The third-order valence-corrected chi connectivity index (χ3v) is 3.71. The van der Waals surface area contributed by atoms with Gasteiger partial charge in [0.25, 0.3) is 5.91 Å². The lowest BCUT2D eigenvalue weighted by Crippen LogP contribution is -2.25. The number of aromatic nitrogens is 1. The van der Waals surface area contributed by atoms with E-state index >= 15 is 0 Å². The molecular weight excluding hydrogens is 272 g/mol. The van der Waals surface area contributed by atoms with Crippen LogP contribution in [0.1, 0.15) is 21.6 Å². The molecule has 0 aliphatic carbocycles. The van der Waals surface area contributed by atoms with Crippen LogP contribution in [-0.4, -0.2) is 17.4 Å². The average Bonchev–Trinajstić information content (AvgIpc) is 2.56. The van der Waals surface area contributed by atoms with Crippen molar-refractivity contribution in [2.24, 2.45) is 0 Å². The first-order valence-corrected chi connectivity index (χ1v) is 7.41. The number of nitrogens with zero attached hydrogens (tertiary/aromatic N) is 1. The fourth-order valence-electron chi connectivity index (χ4n) is 2.49. The van der Waals surface area contributed by atoms with Crippen LogP contribution in [0.4, 0.5) is 0 Å². The molecular formula is C19H18N2O. The molecule has 3 nitrogen and oxygen atoms in total. The number of hydrogen-bond donors (Lipinski definition) is 1. The second-order valence-electron chi connectivity index (χ2n) is 5.34. The molecule has 1 aromatic heterocycles. The summed E-state index contributed by atoms with van der Waals surface area (Å²) in [6.45, 7) is 2.57. The van der Waals surface area contributed by atoms with Gasteiger partial charge in [0.1, 0.15) is 0 Å². The van der Waals surface area contributed by atoms with E-state index in [0.717, 1.165) is 34.0 Å². The molecule has 3 heteroatoms. The number of carbonyl (C=O) groups excluding carboxylic acids is 1. The average molecular weight is 290 g/mol. The lowest BCUT2D eigenvalue weighted by molar-refractivity contribution is 0.0956. The standard InChI is InChI=1S/C19H18N2O/c1-14-9-10-15(13-21-14)11-12-20-19(22)18-8-4-6-16-5-2-3-7-17(16)18/h2-10,13H,11-12H2,1H3,(H,20,22). The van der Waals surface area contributed by atoms with Crippen molar-refractivity contribution in [3.05, 3.63) is 77.6 Å². The van der Waals surface area contributed by atoms with Gasteiger partial charge >= 0.3 is 0 Å². The highest BCUT2D eigenvalue weighted by molar-refractivity contribution is 6.06. The van der Waals surface area contributed by atoms with Gasteiger partial charge in [-0.3, -0.25) is 9.78 Å². The maximum Gasteiger partial charge on any atom is 0.251 e. The Labute approximate surface area is 130 Å². The van der Waals surface area contributed by atoms with Crippen LogP contribution in [0.3, 0.4) is 0 Å². The SMILES string of the molecule is Cc1ccc(CCNC(=O)c2cccc3ccccc23)cn1. The summed E-state index contributed by atoms with van der Waals surface area (Å²) in [6, 6.07) is 17.8. The molecule has 0 saturated heterocycles. The predicted octanol–water partition coefficient (Wildman–Crippen LogP) is 3.52. The van der Waals surface area contributed by atoms with Crippen molar-refractivity contribution in [3.63, 3.8) is 0 Å². The number of amides is 1. The predicted molar refractivity (Wildman–Crippen MR) is 89.0 cm³/mol. The smallest absolute Gasteiger partial charge is 0.251 e. The molecule has 110 valence electrons. The molecule has 0 unspecified atom stereocenters. The van der Waals surface area contributed by atoms with Crippen LogP contribution in [0.2, 0.25) is 0 Å². The molecule has 0 aliphatic rings. The number of carbonyl (C=O) groups is 1. The molecule has 22 heavy (non-hydrogen) atoms.